The summed E-state index contributed by atoms with van der Waals surface area (Å²) in [5.41, 5.74) is 0.984. The first kappa shape index (κ1) is 19.2. The van der Waals surface area contributed by atoms with E-state index in [4.69, 9.17) is 34.8 Å². The summed E-state index contributed by atoms with van der Waals surface area (Å²) >= 11 is 20.0. The van der Waals surface area contributed by atoms with Gasteiger partial charge in [0.1, 0.15) is 5.52 Å². The Morgan fingerprint density at radius 1 is 1.11 bits per heavy atom. The number of carbonyl (C=O) groups is 1. The van der Waals surface area contributed by atoms with E-state index in [2.05, 4.69) is 10.1 Å². The maximum atomic E-state index is 13.3. The number of carbonyl (C=O) groups excluding carboxylic acids is 1. The molecule has 0 spiro atoms. The van der Waals surface area contributed by atoms with Crippen LogP contribution >= 0.6 is 46.1 Å². The van der Waals surface area contributed by atoms with Gasteiger partial charge in [-0.15, -0.1) is 0 Å². The molecule has 0 unspecified atom stereocenters. The molecule has 9 heteroatoms. The highest BCUT2D eigenvalue weighted by Gasteiger charge is 2.24. The van der Waals surface area contributed by atoms with E-state index in [0.29, 0.717) is 44.4 Å². The van der Waals surface area contributed by atoms with Crippen LogP contribution in [0.1, 0.15) is 10.4 Å². The van der Waals surface area contributed by atoms with Gasteiger partial charge in [-0.25, -0.2) is 4.98 Å². The molecule has 2 aromatic heterocycles. The van der Waals surface area contributed by atoms with Crippen LogP contribution in [-0.2, 0) is 6.54 Å². The van der Waals surface area contributed by atoms with E-state index in [1.165, 1.54) is 11.3 Å². The van der Waals surface area contributed by atoms with Crippen LogP contribution in [0.3, 0.4) is 0 Å². The molecule has 0 saturated heterocycles. The van der Waals surface area contributed by atoms with Gasteiger partial charge < -0.3 is 0 Å². The highest BCUT2D eigenvalue weighted by atomic mass is 35.5. The third kappa shape index (κ3) is 3.86. The number of thiazole rings is 1. The molecule has 4 rings (SSSR count). The van der Waals surface area contributed by atoms with Crippen LogP contribution in [-0.4, -0.2) is 27.2 Å². The van der Waals surface area contributed by atoms with Crippen LogP contribution in [0.25, 0.3) is 10.2 Å². The molecule has 0 atom stereocenters. The second-order valence-electron chi connectivity index (χ2n) is 5.93. The molecule has 0 fully saturated rings. The Kier molecular flexibility index (Phi) is 5.55. The Morgan fingerprint density at radius 2 is 1.96 bits per heavy atom. The van der Waals surface area contributed by atoms with E-state index in [1.807, 2.05) is 24.4 Å². The van der Waals surface area contributed by atoms with Gasteiger partial charge in [0.05, 0.1) is 26.9 Å². The van der Waals surface area contributed by atoms with Crippen LogP contribution in [0, 0.1) is 0 Å². The van der Waals surface area contributed by atoms with Crippen molar-refractivity contribution in [3.8, 4) is 0 Å². The predicted molar refractivity (Wildman–Crippen MR) is 115 cm³/mol. The minimum absolute atomic E-state index is 0.283. The summed E-state index contributed by atoms with van der Waals surface area (Å²) in [6, 6.07) is 12.2. The number of amides is 1. The Hall–Kier alpha value is -2.12. The van der Waals surface area contributed by atoms with Crippen molar-refractivity contribution in [2.75, 3.05) is 11.4 Å². The van der Waals surface area contributed by atoms with Gasteiger partial charge >= 0.3 is 0 Å². The van der Waals surface area contributed by atoms with Gasteiger partial charge in [0.25, 0.3) is 5.91 Å². The van der Waals surface area contributed by atoms with Crippen molar-refractivity contribution >= 4 is 67.4 Å². The third-order valence-electron chi connectivity index (χ3n) is 4.11. The lowest BCUT2D eigenvalue weighted by Gasteiger charge is -2.20. The largest absolute Gasteiger partial charge is 0.282 e. The average Bonchev–Trinajstić information content (AvgIpc) is 3.34. The minimum Gasteiger partial charge on any atom is -0.282 e. The summed E-state index contributed by atoms with van der Waals surface area (Å²) in [5, 5.41) is 6.04. The van der Waals surface area contributed by atoms with Gasteiger partial charge in [0, 0.05) is 24.0 Å². The Balaban J connectivity index is 1.75. The fourth-order valence-corrected chi connectivity index (χ4v) is 4.40. The number of anilines is 1. The van der Waals surface area contributed by atoms with Crippen molar-refractivity contribution < 1.29 is 4.79 Å². The molecule has 0 N–H and O–H groups in total. The second-order valence-corrected chi connectivity index (χ2v) is 8.19. The standard InChI is InChI=1S/C19H13Cl3N4OS/c20-12-5-6-14(21)13(11-12)18(27)26(10-9-25-8-2-7-23-25)19-24-17-15(22)3-1-4-16(17)28-19/h1-8,11H,9-10H2. The molecule has 0 aliphatic rings. The first-order valence-electron chi connectivity index (χ1n) is 8.32. The van der Waals surface area contributed by atoms with Gasteiger partial charge in [-0.3, -0.25) is 14.4 Å². The monoisotopic (exact) mass is 450 g/mol. The van der Waals surface area contributed by atoms with Gasteiger partial charge in [0.2, 0.25) is 0 Å². The Bertz CT molecular complexity index is 1140. The minimum atomic E-state index is -0.283. The lowest BCUT2D eigenvalue weighted by atomic mass is 10.2. The number of para-hydroxylation sites is 1. The van der Waals surface area contributed by atoms with Crippen molar-refractivity contribution in [2.24, 2.45) is 0 Å². The highest BCUT2D eigenvalue weighted by molar-refractivity contribution is 7.22. The van der Waals surface area contributed by atoms with E-state index in [0.717, 1.165) is 4.70 Å². The fraction of sp³-hybridized carbons (Fsp3) is 0.105. The number of aromatic nitrogens is 3. The molecule has 2 heterocycles. The number of rotatable bonds is 5. The molecule has 2 aromatic carbocycles. The number of nitrogens with zero attached hydrogens (tertiary/aromatic N) is 4. The number of hydrogen-bond acceptors (Lipinski definition) is 4. The van der Waals surface area contributed by atoms with E-state index < -0.39 is 0 Å². The second kappa shape index (κ2) is 8.09. The highest BCUT2D eigenvalue weighted by Crippen LogP contribution is 2.34. The van der Waals surface area contributed by atoms with E-state index >= 15 is 0 Å². The molecule has 0 radical (unpaired) electrons. The van der Waals surface area contributed by atoms with E-state index in [9.17, 15) is 4.79 Å². The summed E-state index contributed by atoms with van der Waals surface area (Å²) in [5.74, 6) is -0.283. The SMILES string of the molecule is O=C(c1cc(Cl)ccc1Cl)N(CCn1cccn1)c1nc2c(Cl)cccc2s1. The first-order valence-corrected chi connectivity index (χ1v) is 10.3. The summed E-state index contributed by atoms with van der Waals surface area (Å²) in [4.78, 5) is 19.5. The zero-order chi connectivity index (χ0) is 19.7. The topological polar surface area (TPSA) is 51.0 Å². The predicted octanol–water partition coefficient (Wildman–Crippen LogP) is 5.80. The maximum Gasteiger partial charge on any atom is 0.261 e. The molecular formula is C19H13Cl3N4OS. The van der Waals surface area contributed by atoms with Gasteiger partial charge in [-0.2, -0.15) is 5.10 Å². The molecule has 4 aromatic rings. The van der Waals surface area contributed by atoms with Crippen LogP contribution in [0.2, 0.25) is 15.1 Å². The van der Waals surface area contributed by atoms with Crippen LogP contribution < -0.4 is 4.90 Å². The van der Waals surface area contributed by atoms with E-state index in [-0.39, 0.29) is 5.91 Å². The maximum absolute atomic E-state index is 13.3. The fourth-order valence-electron chi connectivity index (χ4n) is 2.74. The van der Waals surface area contributed by atoms with Gasteiger partial charge in [0.15, 0.2) is 5.13 Å². The molecule has 0 saturated carbocycles. The zero-order valence-corrected chi connectivity index (χ0v) is 17.4. The smallest absolute Gasteiger partial charge is 0.261 e. The van der Waals surface area contributed by atoms with Gasteiger partial charge in [-0.05, 0) is 36.4 Å². The molecular weight excluding hydrogens is 439 g/mol. The van der Waals surface area contributed by atoms with Gasteiger partial charge in [-0.1, -0.05) is 52.2 Å². The molecule has 0 bridgehead atoms. The first-order chi connectivity index (χ1) is 13.5. The number of fused-ring (bicyclic) bond motifs is 1. The molecule has 1 amide bonds. The van der Waals surface area contributed by atoms with Crippen molar-refractivity contribution in [1.29, 1.82) is 0 Å². The quantitative estimate of drug-likeness (QED) is 0.385. The van der Waals surface area contributed by atoms with Crippen LogP contribution in [0.4, 0.5) is 5.13 Å². The number of hydrogen-bond donors (Lipinski definition) is 0. The lowest BCUT2D eigenvalue weighted by Crippen LogP contribution is -2.34. The molecule has 0 aliphatic carbocycles. The molecule has 142 valence electrons. The number of halogens is 3. The summed E-state index contributed by atoms with van der Waals surface area (Å²) in [6.07, 6.45) is 3.53. The molecule has 28 heavy (non-hydrogen) atoms. The zero-order valence-electron chi connectivity index (χ0n) is 14.3. The Morgan fingerprint density at radius 3 is 2.71 bits per heavy atom. The van der Waals surface area contributed by atoms with E-state index in [1.54, 1.807) is 40.0 Å². The summed E-state index contributed by atoms with van der Waals surface area (Å²) in [6.45, 7) is 0.862. The summed E-state index contributed by atoms with van der Waals surface area (Å²) in [7, 11) is 0. The number of benzene rings is 2. The van der Waals surface area contributed by atoms with Crippen LogP contribution in [0.15, 0.2) is 54.9 Å². The molecule has 0 aliphatic heterocycles. The van der Waals surface area contributed by atoms with Crippen molar-refractivity contribution in [3.63, 3.8) is 0 Å². The lowest BCUT2D eigenvalue weighted by molar-refractivity contribution is 0.0986. The summed E-state index contributed by atoms with van der Waals surface area (Å²) < 4.78 is 2.65. The van der Waals surface area contributed by atoms with Crippen molar-refractivity contribution in [3.05, 3.63) is 75.5 Å². The Labute approximate surface area is 180 Å². The third-order valence-corrected chi connectivity index (χ3v) is 6.02. The van der Waals surface area contributed by atoms with Crippen LogP contribution in [0.5, 0.6) is 0 Å². The molecule has 5 nitrogen and oxygen atoms in total. The average molecular weight is 452 g/mol. The van der Waals surface area contributed by atoms with Crippen molar-refractivity contribution in [2.45, 2.75) is 6.54 Å². The normalized spacial score (nSPS) is 11.1. The van der Waals surface area contributed by atoms with Crippen molar-refractivity contribution in [1.82, 2.24) is 14.8 Å².